The average molecular weight is 415 g/mol. The minimum atomic E-state index is -0.470. The second-order valence-corrected chi connectivity index (χ2v) is 7.13. The van der Waals surface area contributed by atoms with Gasteiger partial charge < -0.3 is 19.5 Å². The summed E-state index contributed by atoms with van der Waals surface area (Å²) in [5, 5.41) is 3.35. The lowest BCUT2D eigenvalue weighted by molar-refractivity contribution is 0.315. The van der Waals surface area contributed by atoms with Crippen LogP contribution in [-0.4, -0.2) is 57.3 Å². The highest BCUT2D eigenvalue weighted by Gasteiger charge is 2.17. The molecule has 0 saturated heterocycles. The highest BCUT2D eigenvalue weighted by atomic mass is 16.5. The molecule has 30 heavy (non-hydrogen) atoms. The lowest BCUT2D eigenvalue weighted by Crippen LogP contribution is -2.30. The minimum Gasteiger partial charge on any atom is -0.497 e. The van der Waals surface area contributed by atoms with Crippen LogP contribution >= 0.6 is 0 Å². The lowest BCUT2D eigenvalue weighted by atomic mass is 10.1. The zero-order valence-corrected chi connectivity index (χ0v) is 18.1. The molecule has 2 N–H and O–H groups in total. The van der Waals surface area contributed by atoms with E-state index in [1.54, 1.807) is 14.2 Å². The molecule has 3 rings (SSSR count). The predicted octanol–water partition coefficient (Wildman–Crippen LogP) is 1.43. The first-order valence-electron chi connectivity index (χ1n) is 10.3. The van der Waals surface area contributed by atoms with Crippen LogP contribution in [0, 0.1) is 0 Å². The van der Waals surface area contributed by atoms with Crippen molar-refractivity contribution >= 4 is 17.1 Å². The molecular weight excluding hydrogens is 384 g/mol. The number of rotatable bonds is 10. The summed E-state index contributed by atoms with van der Waals surface area (Å²) >= 11 is 0. The first-order chi connectivity index (χ1) is 14.5. The second-order valence-electron chi connectivity index (χ2n) is 7.13. The van der Waals surface area contributed by atoms with Gasteiger partial charge in [0, 0.05) is 26.7 Å². The van der Waals surface area contributed by atoms with Gasteiger partial charge in [-0.15, -0.1) is 0 Å². The van der Waals surface area contributed by atoms with Gasteiger partial charge >= 0.3 is 5.69 Å². The number of aromatic amines is 1. The van der Waals surface area contributed by atoms with Crippen LogP contribution < -0.4 is 21.3 Å². The standard InChI is InChI=1S/C21H30N6O3/c1-5-26(6-2)14-12-22-20-23-18-17(19(28)24-21(29)25(18)3)27(20)13-11-15-7-9-16(30-4)10-8-15/h7-10H,5-6,11-14H2,1-4H3,(H,22,23)(H,24,28,29). The highest BCUT2D eigenvalue weighted by molar-refractivity contribution is 5.74. The van der Waals surface area contributed by atoms with Crippen molar-refractivity contribution in [2.45, 2.75) is 26.8 Å². The van der Waals surface area contributed by atoms with E-state index in [1.165, 1.54) is 4.57 Å². The Balaban J connectivity index is 1.91. The number of nitrogens with zero attached hydrogens (tertiary/aromatic N) is 4. The fourth-order valence-electron chi connectivity index (χ4n) is 3.49. The molecule has 0 aliphatic carbocycles. The molecule has 0 radical (unpaired) electrons. The number of aromatic nitrogens is 4. The first-order valence-corrected chi connectivity index (χ1v) is 10.3. The van der Waals surface area contributed by atoms with Gasteiger partial charge in [0.1, 0.15) is 5.75 Å². The molecule has 162 valence electrons. The van der Waals surface area contributed by atoms with Crippen molar-refractivity contribution in [2.75, 3.05) is 38.6 Å². The van der Waals surface area contributed by atoms with E-state index < -0.39 is 11.2 Å². The van der Waals surface area contributed by atoms with Crippen molar-refractivity contribution in [3.05, 3.63) is 50.7 Å². The molecule has 0 amide bonds. The number of fused-ring (bicyclic) bond motifs is 1. The number of methoxy groups -OCH3 is 1. The summed E-state index contributed by atoms with van der Waals surface area (Å²) in [7, 11) is 3.25. The number of imidazole rings is 1. The number of likely N-dealkylation sites (N-methyl/N-ethyl adjacent to an activating group) is 1. The minimum absolute atomic E-state index is 0.379. The molecule has 0 aliphatic heterocycles. The number of hydrogen-bond acceptors (Lipinski definition) is 6. The first kappa shape index (κ1) is 21.6. The Morgan fingerprint density at radius 3 is 2.50 bits per heavy atom. The molecule has 0 aliphatic rings. The van der Waals surface area contributed by atoms with Crippen LogP contribution in [0.1, 0.15) is 19.4 Å². The van der Waals surface area contributed by atoms with E-state index >= 15 is 0 Å². The van der Waals surface area contributed by atoms with Crippen LogP contribution in [0.2, 0.25) is 0 Å². The SMILES string of the molecule is CCN(CC)CCNc1nc2c(c(=O)[nH]c(=O)n2C)n1CCc1ccc(OC)cc1. The normalized spacial score (nSPS) is 11.4. The van der Waals surface area contributed by atoms with E-state index in [0.29, 0.717) is 36.6 Å². The number of benzene rings is 1. The number of ether oxygens (including phenoxy) is 1. The summed E-state index contributed by atoms with van der Waals surface area (Å²) in [6.07, 6.45) is 0.711. The van der Waals surface area contributed by atoms with Crippen LogP contribution in [0.15, 0.2) is 33.9 Å². The Kier molecular flexibility index (Phi) is 6.94. The van der Waals surface area contributed by atoms with Crippen LogP contribution in [0.25, 0.3) is 11.2 Å². The number of hydrogen-bond donors (Lipinski definition) is 2. The number of H-pyrrole nitrogens is 1. The molecule has 1 aromatic carbocycles. The van der Waals surface area contributed by atoms with Gasteiger partial charge in [0.2, 0.25) is 5.95 Å². The summed E-state index contributed by atoms with van der Waals surface area (Å²) in [5.41, 5.74) is 1.00. The van der Waals surface area contributed by atoms with E-state index in [2.05, 4.69) is 34.0 Å². The fourth-order valence-corrected chi connectivity index (χ4v) is 3.49. The molecule has 0 unspecified atom stereocenters. The largest absolute Gasteiger partial charge is 0.497 e. The summed E-state index contributed by atoms with van der Waals surface area (Å²) in [6.45, 7) is 8.31. The smallest absolute Gasteiger partial charge is 0.329 e. The van der Waals surface area contributed by atoms with Crippen molar-refractivity contribution in [3.8, 4) is 5.75 Å². The maximum atomic E-state index is 12.6. The van der Waals surface area contributed by atoms with Crippen LogP contribution in [0.5, 0.6) is 5.75 Å². The van der Waals surface area contributed by atoms with Gasteiger partial charge in [-0.1, -0.05) is 26.0 Å². The van der Waals surface area contributed by atoms with Gasteiger partial charge in [0.25, 0.3) is 5.56 Å². The summed E-state index contributed by atoms with van der Waals surface area (Å²) in [4.78, 5) is 33.9. The van der Waals surface area contributed by atoms with E-state index in [0.717, 1.165) is 30.9 Å². The molecule has 2 aromatic heterocycles. The molecule has 2 heterocycles. The Bertz CT molecular complexity index is 1090. The zero-order chi connectivity index (χ0) is 21.7. The number of anilines is 1. The van der Waals surface area contributed by atoms with Crippen molar-refractivity contribution < 1.29 is 4.74 Å². The number of aryl methyl sites for hydroxylation is 3. The van der Waals surface area contributed by atoms with Gasteiger partial charge in [-0.25, -0.2) is 4.79 Å². The van der Waals surface area contributed by atoms with Gasteiger partial charge in [-0.3, -0.25) is 14.3 Å². The van der Waals surface area contributed by atoms with Crippen molar-refractivity contribution in [1.29, 1.82) is 0 Å². The maximum Gasteiger partial charge on any atom is 0.329 e. The van der Waals surface area contributed by atoms with Crippen LogP contribution in [0.4, 0.5) is 5.95 Å². The third-order valence-corrected chi connectivity index (χ3v) is 5.40. The molecule has 3 aromatic rings. The lowest BCUT2D eigenvalue weighted by Gasteiger charge is -2.18. The van der Waals surface area contributed by atoms with Crippen molar-refractivity contribution in [1.82, 2.24) is 24.0 Å². The summed E-state index contributed by atoms with van der Waals surface area (Å²) < 4.78 is 8.44. The fraction of sp³-hybridized carbons (Fsp3) is 0.476. The van der Waals surface area contributed by atoms with Gasteiger partial charge in [0.05, 0.1) is 7.11 Å². The van der Waals surface area contributed by atoms with E-state index in [9.17, 15) is 9.59 Å². The maximum absolute atomic E-state index is 12.6. The molecule has 9 nitrogen and oxygen atoms in total. The predicted molar refractivity (Wildman–Crippen MR) is 119 cm³/mol. The van der Waals surface area contributed by atoms with Crippen LogP contribution in [0.3, 0.4) is 0 Å². The Morgan fingerprint density at radius 1 is 1.17 bits per heavy atom. The summed E-state index contributed by atoms with van der Waals surface area (Å²) in [6, 6.07) is 7.85. The van der Waals surface area contributed by atoms with Crippen molar-refractivity contribution in [2.24, 2.45) is 7.05 Å². The molecule has 0 spiro atoms. The third-order valence-electron chi connectivity index (χ3n) is 5.40. The molecule has 0 fully saturated rings. The van der Waals surface area contributed by atoms with Gasteiger partial charge in [-0.2, -0.15) is 4.98 Å². The Labute approximate surface area is 175 Å². The summed E-state index contributed by atoms with van der Waals surface area (Å²) in [5.74, 6) is 1.40. The highest BCUT2D eigenvalue weighted by Crippen LogP contribution is 2.18. The van der Waals surface area contributed by atoms with E-state index in [1.807, 2.05) is 28.8 Å². The van der Waals surface area contributed by atoms with E-state index in [4.69, 9.17) is 4.74 Å². The van der Waals surface area contributed by atoms with Gasteiger partial charge in [-0.05, 0) is 37.2 Å². The van der Waals surface area contributed by atoms with E-state index in [-0.39, 0.29) is 0 Å². The van der Waals surface area contributed by atoms with Crippen LogP contribution in [-0.2, 0) is 20.0 Å². The number of nitrogens with one attached hydrogen (secondary N) is 2. The molecular formula is C21H30N6O3. The average Bonchev–Trinajstić information content (AvgIpc) is 3.13. The molecule has 0 atom stereocenters. The molecule has 9 heteroatoms. The molecule has 0 saturated carbocycles. The Hall–Kier alpha value is -3.07. The zero-order valence-electron chi connectivity index (χ0n) is 18.1. The molecule has 0 bridgehead atoms. The Morgan fingerprint density at radius 2 is 1.87 bits per heavy atom. The monoisotopic (exact) mass is 414 g/mol. The topological polar surface area (TPSA) is 97.2 Å². The van der Waals surface area contributed by atoms with Gasteiger partial charge in [0.15, 0.2) is 11.2 Å². The second kappa shape index (κ2) is 9.62. The quantitative estimate of drug-likeness (QED) is 0.521. The third kappa shape index (κ3) is 4.56. The van der Waals surface area contributed by atoms with Crippen molar-refractivity contribution in [3.63, 3.8) is 0 Å².